The molecule has 0 unspecified atom stereocenters. The van der Waals surface area contributed by atoms with E-state index >= 15 is 0 Å². The number of benzene rings is 2. The lowest BCUT2D eigenvalue weighted by atomic mass is 10.1. The van der Waals surface area contributed by atoms with Crippen molar-refractivity contribution in [2.45, 2.75) is 17.9 Å². The Bertz CT molecular complexity index is 911. The molecule has 144 valence electrons. The van der Waals surface area contributed by atoms with Crippen LogP contribution in [-0.4, -0.2) is 17.6 Å². The van der Waals surface area contributed by atoms with Gasteiger partial charge in [0, 0.05) is 15.5 Å². The van der Waals surface area contributed by atoms with Crippen LogP contribution >= 0.6 is 23.1 Å². The number of hydrogen-bond donors (Lipinski definition) is 2. The fourth-order valence-corrected chi connectivity index (χ4v) is 3.77. The van der Waals surface area contributed by atoms with Crippen LogP contribution in [0, 0.1) is 5.82 Å². The maximum absolute atomic E-state index is 12.9. The lowest BCUT2D eigenvalue weighted by Crippen LogP contribution is -2.24. The van der Waals surface area contributed by atoms with Gasteiger partial charge in [-0.3, -0.25) is 9.59 Å². The van der Waals surface area contributed by atoms with E-state index in [9.17, 15) is 14.0 Å². The molecule has 0 saturated carbocycles. The van der Waals surface area contributed by atoms with Crippen LogP contribution in [0.5, 0.6) is 0 Å². The molecule has 0 saturated heterocycles. The van der Waals surface area contributed by atoms with Crippen molar-refractivity contribution in [3.05, 3.63) is 82.3 Å². The molecule has 0 spiro atoms. The molecule has 2 aromatic carbocycles. The Morgan fingerprint density at radius 2 is 1.71 bits per heavy atom. The Labute approximate surface area is 171 Å². The molecule has 2 amide bonds. The van der Waals surface area contributed by atoms with Gasteiger partial charge in [-0.15, -0.1) is 23.1 Å². The van der Waals surface area contributed by atoms with Gasteiger partial charge < -0.3 is 10.6 Å². The minimum atomic E-state index is -0.297. The van der Waals surface area contributed by atoms with E-state index in [0.29, 0.717) is 18.7 Å². The first-order valence-electron chi connectivity index (χ1n) is 8.65. The van der Waals surface area contributed by atoms with Crippen LogP contribution in [0.2, 0.25) is 0 Å². The fourth-order valence-electron chi connectivity index (χ4n) is 2.43. The number of thiophene rings is 1. The third-order valence-electron chi connectivity index (χ3n) is 3.83. The Balaban J connectivity index is 1.42. The summed E-state index contributed by atoms with van der Waals surface area (Å²) < 4.78 is 12.9. The molecule has 3 rings (SSSR count). The van der Waals surface area contributed by atoms with E-state index < -0.39 is 0 Å². The predicted molar refractivity (Wildman–Crippen MR) is 112 cm³/mol. The molecule has 0 atom stereocenters. The summed E-state index contributed by atoms with van der Waals surface area (Å²) in [5.41, 5.74) is 1.55. The molecular weight excluding hydrogens is 395 g/mol. The third-order valence-corrected chi connectivity index (χ3v) is 5.71. The Morgan fingerprint density at radius 3 is 2.39 bits per heavy atom. The van der Waals surface area contributed by atoms with Crippen LogP contribution in [0.15, 0.2) is 70.9 Å². The van der Waals surface area contributed by atoms with Crippen LogP contribution < -0.4 is 10.6 Å². The zero-order chi connectivity index (χ0) is 19.8. The summed E-state index contributed by atoms with van der Waals surface area (Å²) in [6.45, 7) is 0.538. The van der Waals surface area contributed by atoms with E-state index in [4.69, 9.17) is 0 Å². The smallest absolute Gasteiger partial charge is 0.234 e. The zero-order valence-corrected chi connectivity index (χ0v) is 16.6. The van der Waals surface area contributed by atoms with Gasteiger partial charge in [-0.1, -0.05) is 18.2 Å². The lowest BCUT2D eigenvalue weighted by Gasteiger charge is -2.07. The number of halogens is 1. The van der Waals surface area contributed by atoms with Gasteiger partial charge >= 0.3 is 0 Å². The Morgan fingerprint density at radius 1 is 0.964 bits per heavy atom. The van der Waals surface area contributed by atoms with Crippen molar-refractivity contribution in [3.8, 4) is 0 Å². The predicted octanol–water partition coefficient (Wildman–Crippen LogP) is 4.48. The molecule has 3 aromatic rings. The highest BCUT2D eigenvalue weighted by Crippen LogP contribution is 2.19. The van der Waals surface area contributed by atoms with Gasteiger partial charge in [0.25, 0.3) is 0 Å². The van der Waals surface area contributed by atoms with Crippen molar-refractivity contribution in [1.29, 1.82) is 0 Å². The highest BCUT2D eigenvalue weighted by Gasteiger charge is 2.06. The first-order valence-corrected chi connectivity index (χ1v) is 10.5. The molecule has 7 heteroatoms. The van der Waals surface area contributed by atoms with E-state index in [0.717, 1.165) is 15.3 Å². The number of carbonyl (C=O) groups is 2. The monoisotopic (exact) mass is 414 g/mol. The van der Waals surface area contributed by atoms with E-state index in [1.54, 1.807) is 35.6 Å². The Kier molecular flexibility index (Phi) is 7.22. The molecule has 1 heterocycles. The van der Waals surface area contributed by atoms with Gasteiger partial charge in [-0.05, 0) is 53.4 Å². The second kappa shape index (κ2) is 10.1. The Hall–Kier alpha value is -2.64. The molecule has 2 N–H and O–H groups in total. The van der Waals surface area contributed by atoms with Crippen LogP contribution in [0.1, 0.15) is 10.4 Å². The SMILES string of the molecule is O=C(Cc1ccc(NC(=O)CSc2ccc(F)cc2)cc1)NCc1cccs1. The number of carbonyl (C=O) groups excluding carboxylic acids is 2. The first-order chi connectivity index (χ1) is 13.6. The summed E-state index contributed by atoms with van der Waals surface area (Å²) in [5.74, 6) is -0.246. The normalized spacial score (nSPS) is 10.5. The summed E-state index contributed by atoms with van der Waals surface area (Å²) >= 11 is 2.95. The summed E-state index contributed by atoms with van der Waals surface area (Å²) in [6, 6.07) is 17.2. The molecular formula is C21H19FN2O2S2. The van der Waals surface area contributed by atoms with Gasteiger partial charge in [0.15, 0.2) is 0 Å². The molecule has 0 bridgehead atoms. The van der Waals surface area contributed by atoms with Crippen molar-refractivity contribution in [2.24, 2.45) is 0 Å². The van der Waals surface area contributed by atoms with E-state index in [1.165, 1.54) is 23.9 Å². The number of thioether (sulfide) groups is 1. The van der Waals surface area contributed by atoms with Gasteiger partial charge in [-0.25, -0.2) is 4.39 Å². The van der Waals surface area contributed by atoms with Gasteiger partial charge in [-0.2, -0.15) is 0 Å². The topological polar surface area (TPSA) is 58.2 Å². The second-order valence-corrected chi connectivity index (χ2v) is 8.10. The quantitative estimate of drug-likeness (QED) is 0.535. The van der Waals surface area contributed by atoms with Crippen LogP contribution in [0.4, 0.5) is 10.1 Å². The van der Waals surface area contributed by atoms with Gasteiger partial charge in [0.1, 0.15) is 5.82 Å². The molecule has 0 aliphatic heterocycles. The number of nitrogens with one attached hydrogen (secondary N) is 2. The van der Waals surface area contributed by atoms with E-state index in [-0.39, 0.29) is 23.4 Å². The fraction of sp³-hybridized carbons (Fsp3) is 0.143. The molecule has 0 fully saturated rings. The summed E-state index contributed by atoms with van der Waals surface area (Å²) in [7, 11) is 0. The third kappa shape index (κ3) is 6.51. The van der Waals surface area contributed by atoms with E-state index in [2.05, 4.69) is 10.6 Å². The minimum absolute atomic E-state index is 0.0408. The van der Waals surface area contributed by atoms with Crippen molar-refractivity contribution in [2.75, 3.05) is 11.1 Å². The highest BCUT2D eigenvalue weighted by atomic mass is 32.2. The minimum Gasteiger partial charge on any atom is -0.351 e. The summed E-state index contributed by atoms with van der Waals surface area (Å²) in [6.07, 6.45) is 0.292. The number of anilines is 1. The average molecular weight is 415 g/mol. The first kappa shape index (κ1) is 20.1. The number of rotatable bonds is 8. The second-order valence-electron chi connectivity index (χ2n) is 6.02. The van der Waals surface area contributed by atoms with Crippen molar-refractivity contribution < 1.29 is 14.0 Å². The maximum Gasteiger partial charge on any atom is 0.234 e. The van der Waals surface area contributed by atoms with E-state index in [1.807, 2.05) is 29.6 Å². The van der Waals surface area contributed by atoms with Crippen molar-refractivity contribution in [3.63, 3.8) is 0 Å². The summed E-state index contributed by atoms with van der Waals surface area (Å²) in [5, 5.41) is 7.69. The van der Waals surface area contributed by atoms with Gasteiger partial charge in [0.05, 0.1) is 18.7 Å². The molecule has 28 heavy (non-hydrogen) atoms. The number of amides is 2. The largest absolute Gasteiger partial charge is 0.351 e. The van der Waals surface area contributed by atoms with Crippen LogP contribution in [0.3, 0.4) is 0 Å². The molecule has 1 aromatic heterocycles. The van der Waals surface area contributed by atoms with Crippen LogP contribution in [-0.2, 0) is 22.6 Å². The molecule has 0 radical (unpaired) electrons. The highest BCUT2D eigenvalue weighted by molar-refractivity contribution is 8.00. The lowest BCUT2D eigenvalue weighted by molar-refractivity contribution is -0.120. The van der Waals surface area contributed by atoms with Crippen molar-refractivity contribution >= 4 is 40.6 Å². The van der Waals surface area contributed by atoms with Crippen LogP contribution in [0.25, 0.3) is 0 Å². The van der Waals surface area contributed by atoms with Gasteiger partial charge in [0.2, 0.25) is 11.8 Å². The van der Waals surface area contributed by atoms with Crippen molar-refractivity contribution in [1.82, 2.24) is 5.32 Å². The summed E-state index contributed by atoms with van der Waals surface area (Å²) in [4.78, 5) is 26.0. The zero-order valence-electron chi connectivity index (χ0n) is 15.0. The molecule has 0 aliphatic carbocycles. The molecule has 0 aliphatic rings. The standard InChI is InChI=1S/C21H19FN2O2S2/c22-16-5-9-18(10-6-16)28-14-21(26)24-17-7-3-15(4-8-17)12-20(25)23-13-19-2-1-11-27-19/h1-11H,12-14H2,(H,23,25)(H,24,26). The molecule has 4 nitrogen and oxygen atoms in total. The average Bonchev–Trinajstić information content (AvgIpc) is 3.21. The number of hydrogen-bond acceptors (Lipinski definition) is 4. The maximum atomic E-state index is 12.9.